The van der Waals surface area contributed by atoms with Crippen LogP contribution in [0.1, 0.15) is 36.1 Å². The summed E-state index contributed by atoms with van der Waals surface area (Å²) in [6.45, 7) is 0.483. The van der Waals surface area contributed by atoms with Crippen LogP contribution in [-0.4, -0.2) is 24.4 Å². The number of hydrogen-bond acceptors (Lipinski definition) is 5. The molecule has 24 heavy (non-hydrogen) atoms. The van der Waals surface area contributed by atoms with E-state index < -0.39 is 0 Å². The molecule has 2 aromatic rings. The van der Waals surface area contributed by atoms with Crippen LogP contribution in [0.5, 0.6) is 5.88 Å². The molecule has 0 saturated carbocycles. The summed E-state index contributed by atoms with van der Waals surface area (Å²) < 4.78 is 5.65. The molecule has 2 heterocycles. The van der Waals surface area contributed by atoms with Gasteiger partial charge in [-0.15, -0.1) is 5.10 Å². The molecule has 0 fully saturated rings. The molecule has 122 valence electrons. The number of fused-ring (bicyclic) bond motifs is 1. The second-order valence-electron chi connectivity index (χ2n) is 6.16. The molecule has 1 aromatic heterocycles. The van der Waals surface area contributed by atoms with Gasteiger partial charge in [0.1, 0.15) is 12.3 Å². The second kappa shape index (κ2) is 6.51. The molecule has 0 unspecified atom stereocenters. The van der Waals surface area contributed by atoms with E-state index in [2.05, 4.69) is 39.7 Å². The molecular formula is C19H20N4O. The van der Waals surface area contributed by atoms with Gasteiger partial charge in [0.25, 0.3) is 0 Å². The highest BCUT2D eigenvalue weighted by atomic mass is 16.5. The summed E-state index contributed by atoms with van der Waals surface area (Å²) in [5.74, 6) is 0.639. The molecule has 0 radical (unpaired) electrons. The van der Waals surface area contributed by atoms with Gasteiger partial charge in [-0.05, 0) is 42.0 Å². The van der Waals surface area contributed by atoms with E-state index in [1.807, 2.05) is 6.07 Å². The quantitative estimate of drug-likeness (QED) is 0.796. The number of pyridine rings is 1. The Bertz CT molecular complexity index is 812. The van der Waals surface area contributed by atoms with Crippen LogP contribution in [0.3, 0.4) is 0 Å². The SMILES string of the molecule is COc1nc2c(c(-c3ccccc3)c1C1=NN=NC1)CCCCC2. The van der Waals surface area contributed by atoms with Crippen molar-refractivity contribution in [3.8, 4) is 17.0 Å². The first-order valence-corrected chi connectivity index (χ1v) is 8.47. The van der Waals surface area contributed by atoms with Gasteiger partial charge in [0.15, 0.2) is 0 Å². The second-order valence-corrected chi connectivity index (χ2v) is 6.16. The van der Waals surface area contributed by atoms with Crippen LogP contribution in [0.25, 0.3) is 11.1 Å². The van der Waals surface area contributed by atoms with Gasteiger partial charge in [0.2, 0.25) is 5.88 Å². The lowest BCUT2D eigenvalue weighted by Gasteiger charge is -2.19. The average Bonchev–Trinajstić information content (AvgIpc) is 3.06. The van der Waals surface area contributed by atoms with E-state index in [1.165, 1.54) is 41.6 Å². The van der Waals surface area contributed by atoms with E-state index in [0.717, 1.165) is 24.1 Å². The Hall–Kier alpha value is -2.56. The molecule has 0 bridgehead atoms. The van der Waals surface area contributed by atoms with E-state index >= 15 is 0 Å². The molecule has 1 aliphatic heterocycles. The highest BCUT2D eigenvalue weighted by Gasteiger charge is 2.26. The Labute approximate surface area is 141 Å². The van der Waals surface area contributed by atoms with Crippen molar-refractivity contribution in [1.29, 1.82) is 0 Å². The Morgan fingerprint density at radius 3 is 2.54 bits per heavy atom. The Morgan fingerprint density at radius 2 is 1.79 bits per heavy atom. The zero-order chi connectivity index (χ0) is 16.4. The van der Waals surface area contributed by atoms with Gasteiger partial charge in [-0.1, -0.05) is 36.8 Å². The molecule has 0 spiro atoms. The predicted molar refractivity (Wildman–Crippen MR) is 93.7 cm³/mol. The van der Waals surface area contributed by atoms with Gasteiger partial charge in [-0.25, -0.2) is 4.98 Å². The number of aryl methyl sites for hydroxylation is 1. The monoisotopic (exact) mass is 320 g/mol. The number of ether oxygens (including phenoxy) is 1. The van der Waals surface area contributed by atoms with Gasteiger partial charge in [0.05, 0.1) is 12.7 Å². The minimum absolute atomic E-state index is 0.483. The molecule has 0 amide bonds. The number of nitrogens with zero attached hydrogens (tertiary/aromatic N) is 4. The zero-order valence-electron chi connectivity index (χ0n) is 13.8. The van der Waals surface area contributed by atoms with Crippen molar-refractivity contribution in [3.05, 3.63) is 47.2 Å². The van der Waals surface area contributed by atoms with Crippen molar-refractivity contribution in [2.45, 2.75) is 32.1 Å². The van der Waals surface area contributed by atoms with E-state index in [4.69, 9.17) is 9.72 Å². The van der Waals surface area contributed by atoms with Crippen molar-refractivity contribution < 1.29 is 4.74 Å². The van der Waals surface area contributed by atoms with Crippen molar-refractivity contribution >= 4 is 5.71 Å². The first-order chi connectivity index (χ1) is 11.9. The summed E-state index contributed by atoms with van der Waals surface area (Å²) in [5, 5.41) is 12.1. The maximum Gasteiger partial charge on any atom is 0.223 e. The van der Waals surface area contributed by atoms with Gasteiger partial charge >= 0.3 is 0 Å². The highest BCUT2D eigenvalue weighted by molar-refractivity contribution is 6.10. The minimum atomic E-state index is 0.483. The van der Waals surface area contributed by atoms with Gasteiger partial charge < -0.3 is 4.74 Å². The largest absolute Gasteiger partial charge is 0.480 e. The van der Waals surface area contributed by atoms with Crippen molar-refractivity contribution in [1.82, 2.24) is 4.98 Å². The average molecular weight is 320 g/mol. The third-order valence-corrected chi connectivity index (χ3v) is 4.68. The minimum Gasteiger partial charge on any atom is -0.480 e. The van der Waals surface area contributed by atoms with Crippen molar-refractivity contribution in [3.63, 3.8) is 0 Å². The lowest BCUT2D eigenvalue weighted by molar-refractivity contribution is 0.395. The molecule has 0 N–H and O–H groups in total. The smallest absolute Gasteiger partial charge is 0.223 e. The van der Waals surface area contributed by atoms with Crippen LogP contribution < -0.4 is 4.74 Å². The third-order valence-electron chi connectivity index (χ3n) is 4.68. The van der Waals surface area contributed by atoms with Crippen molar-refractivity contribution in [2.24, 2.45) is 15.4 Å². The Morgan fingerprint density at radius 1 is 0.958 bits per heavy atom. The van der Waals surface area contributed by atoms with Crippen LogP contribution in [0.4, 0.5) is 0 Å². The normalized spacial score (nSPS) is 16.5. The molecular weight excluding hydrogens is 300 g/mol. The standard InChI is InChI=1S/C19H20N4O/c1-24-19-18(16-12-20-23-22-16)17(13-8-4-2-5-9-13)14-10-6-3-7-11-15(14)21-19/h2,4-5,8-9H,3,6-7,10-12H2,1H3. The number of benzene rings is 1. The Kier molecular flexibility index (Phi) is 4.07. The van der Waals surface area contributed by atoms with E-state index in [-0.39, 0.29) is 0 Å². The molecule has 1 aliphatic carbocycles. The fraction of sp³-hybridized carbons (Fsp3) is 0.368. The highest BCUT2D eigenvalue weighted by Crippen LogP contribution is 2.38. The van der Waals surface area contributed by atoms with Crippen LogP contribution >= 0.6 is 0 Å². The van der Waals surface area contributed by atoms with Crippen LogP contribution in [0.15, 0.2) is 45.8 Å². The van der Waals surface area contributed by atoms with E-state index in [1.54, 1.807) is 7.11 Å². The summed E-state index contributed by atoms with van der Waals surface area (Å²) >= 11 is 0. The van der Waals surface area contributed by atoms with Gasteiger partial charge in [-0.3, -0.25) is 0 Å². The summed E-state index contributed by atoms with van der Waals surface area (Å²) in [6.07, 6.45) is 5.68. The maximum absolute atomic E-state index is 5.65. The van der Waals surface area contributed by atoms with Crippen molar-refractivity contribution in [2.75, 3.05) is 13.7 Å². The topological polar surface area (TPSA) is 59.2 Å². The molecule has 4 rings (SSSR count). The summed E-state index contributed by atoms with van der Waals surface area (Å²) in [4.78, 5) is 4.84. The number of methoxy groups -OCH3 is 1. The first-order valence-electron chi connectivity index (χ1n) is 8.47. The van der Waals surface area contributed by atoms with Crippen LogP contribution in [-0.2, 0) is 12.8 Å². The molecule has 5 nitrogen and oxygen atoms in total. The molecule has 0 saturated heterocycles. The predicted octanol–water partition coefficient (Wildman–Crippen LogP) is 4.20. The first kappa shape index (κ1) is 15.0. The fourth-order valence-electron chi connectivity index (χ4n) is 3.58. The summed E-state index contributed by atoms with van der Waals surface area (Å²) in [6, 6.07) is 10.5. The van der Waals surface area contributed by atoms with Gasteiger partial charge in [0, 0.05) is 11.3 Å². The number of aromatic nitrogens is 1. The third kappa shape index (κ3) is 2.60. The molecule has 5 heteroatoms. The van der Waals surface area contributed by atoms with Gasteiger partial charge in [-0.2, -0.15) is 5.11 Å². The summed E-state index contributed by atoms with van der Waals surface area (Å²) in [5.41, 5.74) is 6.68. The van der Waals surface area contributed by atoms with E-state index in [0.29, 0.717) is 12.4 Å². The lowest BCUT2D eigenvalue weighted by Crippen LogP contribution is -2.13. The molecule has 2 aliphatic rings. The maximum atomic E-state index is 5.65. The van der Waals surface area contributed by atoms with E-state index in [9.17, 15) is 0 Å². The number of hydrogen-bond donors (Lipinski definition) is 0. The fourth-order valence-corrected chi connectivity index (χ4v) is 3.58. The van der Waals surface area contributed by atoms with Crippen LogP contribution in [0, 0.1) is 0 Å². The molecule has 1 aromatic carbocycles. The number of rotatable bonds is 3. The molecule has 0 atom stereocenters. The Balaban J connectivity index is 2.02. The van der Waals surface area contributed by atoms with Crippen LogP contribution in [0.2, 0.25) is 0 Å². The lowest BCUT2D eigenvalue weighted by atomic mass is 9.89. The summed E-state index contributed by atoms with van der Waals surface area (Å²) in [7, 11) is 1.67. The zero-order valence-corrected chi connectivity index (χ0v) is 13.8.